The van der Waals surface area contributed by atoms with Crippen LogP contribution in [0.4, 0.5) is 0 Å². The van der Waals surface area contributed by atoms with Crippen LogP contribution in [0.1, 0.15) is 57.0 Å². The molecular weight excluding hydrogens is 332 g/mol. The van der Waals surface area contributed by atoms with Crippen molar-refractivity contribution in [2.24, 2.45) is 5.92 Å². The molecule has 0 fully saturated rings. The third kappa shape index (κ3) is 3.64. The molecule has 0 aliphatic carbocycles. The number of esters is 1. The molecule has 0 N–H and O–H groups in total. The van der Waals surface area contributed by atoms with Crippen LogP contribution in [0.3, 0.4) is 0 Å². The first-order valence-electron chi connectivity index (χ1n) is 8.54. The predicted molar refractivity (Wildman–Crippen MR) is 94.6 cm³/mol. The maximum atomic E-state index is 12.5. The number of nitrogens with zero attached hydrogens (tertiary/aromatic N) is 2. The quantitative estimate of drug-likeness (QED) is 0.590. The smallest absolute Gasteiger partial charge is 0.338 e. The number of pyridine rings is 1. The van der Waals surface area contributed by atoms with Crippen LogP contribution in [0, 0.1) is 5.92 Å². The van der Waals surface area contributed by atoms with Crippen LogP contribution in [-0.4, -0.2) is 34.2 Å². The van der Waals surface area contributed by atoms with Crippen molar-refractivity contribution >= 4 is 17.8 Å². The monoisotopic (exact) mass is 352 g/mol. The van der Waals surface area contributed by atoms with Crippen molar-refractivity contribution in [1.29, 1.82) is 0 Å². The summed E-state index contributed by atoms with van der Waals surface area (Å²) in [5.41, 5.74) is 1.46. The van der Waals surface area contributed by atoms with E-state index in [1.807, 2.05) is 19.9 Å². The first-order valence-corrected chi connectivity index (χ1v) is 8.54. The first-order chi connectivity index (χ1) is 12.5. The van der Waals surface area contributed by atoms with Crippen molar-refractivity contribution in [2.45, 2.75) is 26.9 Å². The fourth-order valence-electron chi connectivity index (χ4n) is 2.71. The van der Waals surface area contributed by atoms with E-state index in [1.54, 1.807) is 18.3 Å². The summed E-state index contributed by atoms with van der Waals surface area (Å²) in [6.45, 7) is 4.50. The van der Waals surface area contributed by atoms with Crippen LogP contribution in [-0.2, 0) is 11.3 Å². The number of fused-ring (bicyclic) bond motifs is 1. The summed E-state index contributed by atoms with van der Waals surface area (Å²) in [5, 5.41) is 0. The Balaban J connectivity index is 1.72. The Morgan fingerprint density at radius 3 is 2.58 bits per heavy atom. The van der Waals surface area contributed by atoms with E-state index in [0.717, 1.165) is 6.42 Å². The largest absolute Gasteiger partial charge is 0.456 e. The molecule has 3 rings (SSSR count). The van der Waals surface area contributed by atoms with Crippen LogP contribution in [0.15, 0.2) is 42.6 Å². The summed E-state index contributed by atoms with van der Waals surface area (Å²) in [7, 11) is 0. The Labute approximate surface area is 151 Å². The van der Waals surface area contributed by atoms with Crippen LogP contribution in [0.25, 0.3) is 0 Å². The molecule has 0 atom stereocenters. The van der Waals surface area contributed by atoms with E-state index in [1.165, 1.54) is 23.1 Å². The molecule has 2 aromatic rings. The minimum atomic E-state index is -0.556. The van der Waals surface area contributed by atoms with Gasteiger partial charge in [-0.1, -0.05) is 19.9 Å². The van der Waals surface area contributed by atoms with Crippen molar-refractivity contribution in [3.05, 3.63) is 65.0 Å². The van der Waals surface area contributed by atoms with E-state index in [2.05, 4.69) is 4.98 Å². The minimum Gasteiger partial charge on any atom is -0.456 e. The number of benzene rings is 1. The Morgan fingerprint density at radius 1 is 1.12 bits per heavy atom. The molecule has 0 saturated heterocycles. The van der Waals surface area contributed by atoms with Crippen molar-refractivity contribution in [2.75, 3.05) is 6.54 Å². The molecule has 6 nitrogen and oxygen atoms in total. The minimum absolute atomic E-state index is 0.0458. The van der Waals surface area contributed by atoms with Crippen molar-refractivity contribution in [3.63, 3.8) is 0 Å². The Kier molecular flexibility index (Phi) is 5.11. The lowest BCUT2D eigenvalue weighted by atomic mass is 10.1. The van der Waals surface area contributed by atoms with Crippen LogP contribution < -0.4 is 0 Å². The molecule has 1 aliphatic heterocycles. The van der Waals surface area contributed by atoms with Gasteiger partial charge in [0.15, 0.2) is 0 Å². The Bertz CT molecular complexity index is 846. The molecule has 0 bridgehead atoms. The summed E-state index contributed by atoms with van der Waals surface area (Å²) in [5.74, 6) is -0.833. The molecule has 2 amide bonds. The molecule has 0 unspecified atom stereocenters. The number of imide groups is 1. The van der Waals surface area contributed by atoms with E-state index >= 15 is 0 Å². The summed E-state index contributed by atoms with van der Waals surface area (Å²) in [6.07, 6.45) is 2.36. The predicted octanol–water partition coefficient (Wildman–Crippen LogP) is 3.08. The molecule has 1 aliphatic rings. The molecule has 0 saturated carbocycles. The van der Waals surface area contributed by atoms with Crippen LogP contribution in [0.5, 0.6) is 0 Å². The van der Waals surface area contributed by atoms with Gasteiger partial charge in [0.05, 0.1) is 22.4 Å². The van der Waals surface area contributed by atoms with Gasteiger partial charge in [0.25, 0.3) is 11.8 Å². The Morgan fingerprint density at radius 2 is 1.88 bits per heavy atom. The number of hydrogen-bond donors (Lipinski definition) is 0. The van der Waals surface area contributed by atoms with Crippen molar-refractivity contribution in [3.8, 4) is 0 Å². The van der Waals surface area contributed by atoms with Gasteiger partial charge in [0, 0.05) is 12.7 Å². The van der Waals surface area contributed by atoms with Gasteiger partial charge in [0.1, 0.15) is 6.61 Å². The highest BCUT2D eigenvalue weighted by Gasteiger charge is 2.35. The first kappa shape index (κ1) is 17.8. The highest BCUT2D eigenvalue weighted by atomic mass is 16.5. The molecule has 26 heavy (non-hydrogen) atoms. The summed E-state index contributed by atoms with van der Waals surface area (Å²) >= 11 is 0. The van der Waals surface area contributed by atoms with Crippen molar-refractivity contribution < 1.29 is 19.1 Å². The number of carbonyl (C=O) groups is 3. The van der Waals surface area contributed by atoms with Gasteiger partial charge in [-0.05, 0) is 42.7 Å². The van der Waals surface area contributed by atoms with Gasteiger partial charge in [-0.15, -0.1) is 0 Å². The zero-order valence-corrected chi connectivity index (χ0v) is 14.8. The molecule has 6 heteroatoms. The molecule has 2 heterocycles. The SMILES string of the molecule is CC(C)CCN1C(=O)c2ccc(C(=O)OCc3ccccn3)cc2C1=O. The highest BCUT2D eigenvalue weighted by molar-refractivity contribution is 6.21. The van der Waals surface area contributed by atoms with E-state index in [0.29, 0.717) is 23.7 Å². The maximum Gasteiger partial charge on any atom is 0.338 e. The van der Waals surface area contributed by atoms with Gasteiger partial charge in [-0.2, -0.15) is 0 Å². The van der Waals surface area contributed by atoms with Gasteiger partial charge < -0.3 is 4.74 Å². The van der Waals surface area contributed by atoms with Crippen molar-refractivity contribution in [1.82, 2.24) is 9.88 Å². The second-order valence-electron chi connectivity index (χ2n) is 6.60. The lowest BCUT2D eigenvalue weighted by molar-refractivity contribution is 0.0467. The molecular formula is C20H20N2O4. The highest BCUT2D eigenvalue weighted by Crippen LogP contribution is 2.25. The number of ether oxygens (including phenoxy) is 1. The fraction of sp³-hybridized carbons (Fsp3) is 0.300. The standard InChI is InChI=1S/C20H20N2O4/c1-13(2)8-10-22-18(23)16-7-6-14(11-17(16)19(22)24)20(25)26-12-15-5-3-4-9-21-15/h3-7,9,11,13H,8,10,12H2,1-2H3. The van der Waals surface area contributed by atoms with E-state index in [4.69, 9.17) is 4.74 Å². The number of amides is 2. The maximum absolute atomic E-state index is 12.5. The lowest BCUT2D eigenvalue weighted by Crippen LogP contribution is -2.31. The molecule has 0 radical (unpaired) electrons. The molecule has 134 valence electrons. The Hall–Kier alpha value is -3.02. The topological polar surface area (TPSA) is 76.6 Å². The average Bonchev–Trinajstić information content (AvgIpc) is 2.89. The van der Waals surface area contributed by atoms with Crippen LogP contribution >= 0.6 is 0 Å². The molecule has 1 aromatic heterocycles. The number of rotatable bonds is 6. The zero-order chi connectivity index (χ0) is 18.7. The summed E-state index contributed by atoms with van der Waals surface area (Å²) in [6, 6.07) is 9.80. The number of hydrogen-bond acceptors (Lipinski definition) is 5. The van der Waals surface area contributed by atoms with Gasteiger partial charge in [0.2, 0.25) is 0 Å². The van der Waals surface area contributed by atoms with Gasteiger partial charge >= 0.3 is 5.97 Å². The van der Waals surface area contributed by atoms with E-state index in [-0.39, 0.29) is 29.5 Å². The fourth-order valence-corrected chi connectivity index (χ4v) is 2.71. The van der Waals surface area contributed by atoms with Crippen LogP contribution in [0.2, 0.25) is 0 Å². The van der Waals surface area contributed by atoms with Gasteiger partial charge in [-0.25, -0.2) is 4.79 Å². The average molecular weight is 352 g/mol. The second kappa shape index (κ2) is 7.47. The number of aromatic nitrogens is 1. The van der Waals surface area contributed by atoms with E-state index in [9.17, 15) is 14.4 Å². The zero-order valence-electron chi connectivity index (χ0n) is 14.8. The summed E-state index contributed by atoms with van der Waals surface area (Å²) < 4.78 is 5.23. The molecule has 1 aromatic carbocycles. The molecule has 0 spiro atoms. The van der Waals surface area contributed by atoms with Gasteiger partial charge in [-0.3, -0.25) is 19.5 Å². The normalized spacial score (nSPS) is 13.3. The van der Waals surface area contributed by atoms with E-state index < -0.39 is 5.97 Å². The lowest BCUT2D eigenvalue weighted by Gasteiger charge is -2.14. The third-order valence-corrected chi connectivity index (χ3v) is 4.21. The summed E-state index contributed by atoms with van der Waals surface area (Å²) in [4.78, 5) is 42.5. The second-order valence-corrected chi connectivity index (χ2v) is 6.60. The third-order valence-electron chi connectivity index (χ3n) is 4.21. The number of carbonyl (C=O) groups excluding carboxylic acids is 3.